The topological polar surface area (TPSA) is 85.9 Å². The van der Waals surface area contributed by atoms with Crippen LogP contribution in [0.5, 0.6) is 5.75 Å². The highest BCUT2D eigenvalue weighted by Gasteiger charge is 2.37. The molecule has 1 atom stereocenters. The molecule has 4 heterocycles. The van der Waals surface area contributed by atoms with Gasteiger partial charge in [0.05, 0.1) is 42.8 Å². The lowest BCUT2D eigenvalue weighted by Crippen LogP contribution is -2.38. The number of methoxy groups -OCH3 is 1. The van der Waals surface area contributed by atoms with Crippen molar-refractivity contribution in [1.82, 2.24) is 19.6 Å². The van der Waals surface area contributed by atoms with Crippen LogP contribution in [0.25, 0.3) is 22.2 Å². The molecule has 38 heavy (non-hydrogen) atoms. The highest BCUT2D eigenvalue weighted by atomic mass is 35.5. The van der Waals surface area contributed by atoms with Gasteiger partial charge in [0, 0.05) is 55.4 Å². The van der Waals surface area contributed by atoms with Gasteiger partial charge in [-0.2, -0.15) is 0 Å². The molecule has 2 aliphatic rings. The molecule has 1 amide bonds. The lowest BCUT2D eigenvalue weighted by atomic mass is 10.1. The van der Waals surface area contributed by atoms with Crippen molar-refractivity contribution < 1.29 is 18.8 Å². The van der Waals surface area contributed by atoms with E-state index in [9.17, 15) is 4.79 Å². The van der Waals surface area contributed by atoms with Crippen molar-refractivity contribution in [2.75, 3.05) is 44.9 Å². The number of carbonyl (C=O) groups excluding carboxylic acids is 1. The summed E-state index contributed by atoms with van der Waals surface area (Å²) < 4.78 is 18.4. The Morgan fingerprint density at radius 2 is 1.97 bits per heavy atom. The van der Waals surface area contributed by atoms with Crippen molar-refractivity contribution in [3.63, 3.8) is 0 Å². The Balaban J connectivity index is 1.38. The van der Waals surface area contributed by atoms with Gasteiger partial charge in [-0.25, -0.2) is 4.98 Å². The molecule has 2 fully saturated rings. The lowest BCUT2D eigenvalue weighted by Gasteiger charge is -2.28. The number of benzene rings is 2. The van der Waals surface area contributed by atoms with Crippen LogP contribution in [-0.4, -0.2) is 65.5 Å². The summed E-state index contributed by atoms with van der Waals surface area (Å²) >= 11 is 6.44. The fraction of sp³-hybridized carbons (Fsp3) is 0.393. The van der Waals surface area contributed by atoms with Gasteiger partial charge in [-0.3, -0.25) is 9.69 Å². The summed E-state index contributed by atoms with van der Waals surface area (Å²) in [5.41, 5.74) is 4.18. The minimum atomic E-state index is -0.202. The third kappa shape index (κ3) is 4.66. The van der Waals surface area contributed by atoms with Crippen LogP contribution in [0.2, 0.25) is 5.02 Å². The molecule has 0 bridgehead atoms. The number of aryl methyl sites for hydroxylation is 1. The van der Waals surface area contributed by atoms with E-state index in [-0.39, 0.29) is 11.9 Å². The van der Waals surface area contributed by atoms with Gasteiger partial charge >= 0.3 is 0 Å². The number of hydrogen-bond acceptors (Lipinski definition) is 7. The molecule has 9 nitrogen and oxygen atoms in total. The lowest BCUT2D eigenvalue weighted by molar-refractivity contribution is -0.117. The maximum absolute atomic E-state index is 13.1. The Morgan fingerprint density at radius 1 is 1.13 bits per heavy atom. The smallest absolute Gasteiger partial charge is 0.227 e. The number of imidazole rings is 1. The number of fused-ring (bicyclic) bond motifs is 1. The molecule has 0 N–H and O–H groups in total. The van der Waals surface area contributed by atoms with Crippen molar-refractivity contribution in [3.05, 3.63) is 59.1 Å². The maximum atomic E-state index is 13.1. The zero-order valence-electron chi connectivity index (χ0n) is 21.5. The van der Waals surface area contributed by atoms with Gasteiger partial charge in [0.15, 0.2) is 5.58 Å². The summed E-state index contributed by atoms with van der Waals surface area (Å²) in [5, 5.41) is 5.53. The number of carbonyl (C=O) groups is 1. The molecule has 198 valence electrons. The Kier molecular flexibility index (Phi) is 6.82. The summed E-state index contributed by atoms with van der Waals surface area (Å²) in [4.78, 5) is 22.5. The van der Waals surface area contributed by atoms with Crippen molar-refractivity contribution >= 4 is 34.2 Å². The van der Waals surface area contributed by atoms with E-state index in [2.05, 4.69) is 26.9 Å². The SMILES string of the molecule is COc1ccc(N2C(=O)CC[C@H]2c2nc(-c3ccc4onc(C)c4c3)cn2CCN2CCOCC2)cc1Cl. The molecular weight excluding hydrogens is 506 g/mol. The highest BCUT2D eigenvalue weighted by Crippen LogP contribution is 2.40. The molecule has 4 aromatic rings. The summed E-state index contributed by atoms with van der Waals surface area (Å²) in [6.07, 6.45) is 3.23. The number of ether oxygens (including phenoxy) is 2. The molecule has 0 aliphatic carbocycles. The van der Waals surface area contributed by atoms with Gasteiger partial charge in [0.2, 0.25) is 5.91 Å². The van der Waals surface area contributed by atoms with Crippen LogP contribution >= 0.6 is 11.6 Å². The molecule has 0 saturated carbocycles. The van der Waals surface area contributed by atoms with Crippen molar-refractivity contribution in [2.24, 2.45) is 0 Å². The average Bonchev–Trinajstić information content (AvgIpc) is 3.64. The molecule has 2 saturated heterocycles. The fourth-order valence-corrected chi connectivity index (χ4v) is 5.62. The van der Waals surface area contributed by atoms with E-state index in [4.69, 9.17) is 30.6 Å². The third-order valence-corrected chi connectivity index (χ3v) is 7.73. The number of anilines is 1. The first kappa shape index (κ1) is 24.9. The fourth-order valence-electron chi connectivity index (χ4n) is 5.36. The number of amides is 1. The maximum Gasteiger partial charge on any atom is 0.227 e. The highest BCUT2D eigenvalue weighted by molar-refractivity contribution is 6.32. The molecule has 10 heteroatoms. The first-order valence-corrected chi connectivity index (χ1v) is 13.3. The van der Waals surface area contributed by atoms with E-state index in [1.54, 1.807) is 19.2 Å². The Labute approximate surface area is 225 Å². The van der Waals surface area contributed by atoms with E-state index < -0.39 is 0 Å². The number of hydrogen-bond donors (Lipinski definition) is 0. The standard InChI is InChI=1S/C28H30ClN5O4/c1-18-21-15-19(3-6-25(21)38-31-18)23-17-33(10-9-32-11-13-37-14-12-32)28(30-23)24-5-8-27(35)34(24)20-4-7-26(36-2)22(29)16-20/h3-4,6-7,15-17,24H,5,8-14H2,1-2H3/t24-/m0/s1. The largest absolute Gasteiger partial charge is 0.495 e. The molecule has 0 spiro atoms. The summed E-state index contributed by atoms with van der Waals surface area (Å²) in [5.74, 6) is 1.50. The Morgan fingerprint density at radius 3 is 2.76 bits per heavy atom. The quantitative estimate of drug-likeness (QED) is 0.334. The first-order chi connectivity index (χ1) is 18.5. The zero-order chi connectivity index (χ0) is 26.2. The monoisotopic (exact) mass is 535 g/mol. The van der Waals surface area contributed by atoms with Gasteiger partial charge in [0.25, 0.3) is 0 Å². The number of aromatic nitrogens is 3. The Bertz CT molecular complexity index is 1480. The van der Waals surface area contributed by atoms with Gasteiger partial charge in [-0.1, -0.05) is 16.8 Å². The summed E-state index contributed by atoms with van der Waals surface area (Å²) in [6, 6.07) is 11.3. The third-order valence-electron chi connectivity index (χ3n) is 7.44. The molecular formula is C28H30ClN5O4. The van der Waals surface area contributed by atoms with Gasteiger partial charge in [-0.15, -0.1) is 0 Å². The molecule has 0 radical (unpaired) electrons. The molecule has 2 aromatic heterocycles. The summed E-state index contributed by atoms with van der Waals surface area (Å²) in [6.45, 7) is 6.91. The number of morpholine rings is 1. The van der Waals surface area contributed by atoms with Crippen LogP contribution in [0, 0.1) is 6.92 Å². The predicted octanol–water partition coefficient (Wildman–Crippen LogP) is 4.86. The molecule has 2 aromatic carbocycles. The number of rotatable bonds is 7. The van der Waals surface area contributed by atoms with Gasteiger partial charge < -0.3 is 23.5 Å². The van der Waals surface area contributed by atoms with E-state index in [1.807, 2.05) is 30.0 Å². The predicted molar refractivity (Wildman–Crippen MR) is 145 cm³/mol. The number of halogens is 1. The second kappa shape index (κ2) is 10.4. The van der Waals surface area contributed by atoms with E-state index >= 15 is 0 Å². The van der Waals surface area contributed by atoms with Gasteiger partial charge in [0.1, 0.15) is 11.6 Å². The second-order valence-corrected chi connectivity index (χ2v) is 10.2. The van der Waals surface area contributed by atoms with Crippen LogP contribution in [0.3, 0.4) is 0 Å². The zero-order valence-corrected chi connectivity index (χ0v) is 22.3. The van der Waals surface area contributed by atoms with E-state index in [0.717, 1.165) is 78.8 Å². The molecule has 2 aliphatic heterocycles. The van der Waals surface area contributed by atoms with Crippen LogP contribution in [0.4, 0.5) is 5.69 Å². The van der Waals surface area contributed by atoms with Crippen molar-refractivity contribution in [3.8, 4) is 17.0 Å². The summed E-state index contributed by atoms with van der Waals surface area (Å²) in [7, 11) is 1.58. The van der Waals surface area contributed by atoms with Crippen molar-refractivity contribution in [2.45, 2.75) is 32.4 Å². The first-order valence-electron chi connectivity index (χ1n) is 12.9. The number of nitrogens with zero attached hydrogens (tertiary/aromatic N) is 5. The minimum Gasteiger partial charge on any atom is -0.495 e. The minimum absolute atomic E-state index is 0.0574. The van der Waals surface area contributed by atoms with E-state index in [0.29, 0.717) is 23.6 Å². The van der Waals surface area contributed by atoms with Crippen LogP contribution in [0.15, 0.2) is 47.1 Å². The molecule has 6 rings (SSSR count). The molecule has 0 unspecified atom stereocenters. The van der Waals surface area contributed by atoms with Crippen molar-refractivity contribution in [1.29, 1.82) is 0 Å². The van der Waals surface area contributed by atoms with Crippen LogP contribution in [0.1, 0.15) is 30.4 Å². The second-order valence-electron chi connectivity index (χ2n) is 9.75. The van der Waals surface area contributed by atoms with Crippen LogP contribution < -0.4 is 9.64 Å². The Hall–Kier alpha value is -3.40. The van der Waals surface area contributed by atoms with E-state index in [1.165, 1.54) is 0 Å². The normalized spacial score (nSPS) is 18.6. The van der Waals surface area contributed by atoms with Gasteiger partial charge in [-0.05, 0) is 49.7 Å². The van der Waals surface area contributed by atoms with Crippen LogP contribution in [-0.2, 0) is 16.1 Å². The average molecular weight is 536 g/mol.